The number of unbranched alkanes of at least 4 members (excludes halogenated alkanes) is 1. The summed E-state index contributed by atoms with van der Waals surface area (Å²) < 4.78 is 16.6. The Morgan fingerprint density at radius 1 is 1.08 bits per heavy atom. The van der Waals surface area contributed by atoms with Crippen LogP contribution in [0.4, 0.5) is 0 Å². The predicted octanol–water partition coefficient (Wildman–Crippen LogP) is -2.50. The lowest BCUT2D eigenvalue weighted by molar-refractivity contribution is -0.274. The number of primary amides is 1. The zero-order valence-electron chi connectivity index (χ0n) is 22.0. The number of methoxy groups -OCH3 is 1. The van der Waals surface area contributed by atoms with Crippen molar-refractivity contribution in [3.05, 3.63) is 0 Å². The van der Waals surface area contributed by atoms with E-state index in [1.807, 2.05) is 6.92 Å². The molecule has 1 rings (SSSR count). The topological polar surface area (TPSA) is 236 Å². The van der Waals surface area contributed by atoms with Crippen LogP contribution in [0.1, 0.15) is 52.9 Å². The van der Waals surface area contributed by atoms with Crippen molar-refractivity contribution in [3.63, 3.8) is 0 Å². The van der Waals surface area contributed by atoms with E-state index in [0.29, 0.717) is 6.42 Å². The molecule has 1 aliphatic heterocycles. The second kappa shape index (κ2) is 16.2. The summed E-state index contributed by atoms with van der Waals surface area (Å²) in [5.74, 6) is -4.00. The number of carboxylic acids is 1. The third-order valence-electron chi connectivity index (χ3n) is 5.96. The lowest BCUT2D eigenvalue weighted by atomic mass is 9.96. The Morgan fingerprint density at radius 2 is 1.74 bits per heavy atom. The quantitative estimate of drug-likeness (QED) is 0.106. The monoisotopic (exact) mass is 548 g/mol. The number of nitrogens with one attached hydrogen (secondary N) is 3. The van der Waals surface area contributed by atoms with Gasteiger partial charge in [0.05, 0.1) is 6.61 Å². The Morgan fingerprint density at radius 3 is 2.26 bits per heavy atom. The fourth-order valence-corrected chi connectivity index (χ4v) is 3.72. The van der Waals surface area contributed by atoms with Crippen molar-refractivity contribution < 1.29 is 53.5 Å². The van der Waals surface area contributed by atoms with E-state index in [2.05, 4.69) is 16.0 Å². The number of aliphatic hydroxyl groups excluding tert-OH is 2. The van der Waals surface area contributed by atoms with Crippen LogP contribution in [0.25, 0.3) is 0 Å². The first-order chi connectivity index (χ1) is 17.9. The standard InChI is InChI=1S/C23H40N4O11/c1-5-6-7-15(29)27-17-19(18(32)14(10-28)38-23(17)36-4)37-12(3)22(35)25-11(2)21(34)26-13(20(24)33)8-9-16(30)31/h11-14,17-19,23,28,32H,5-10H2,1-4H3,(H2,24,33)(H,25,35)(H,26,34)(H,27,29)(H,30,31)/t11-,12+,13+,14+,17+,18+,19+,23+/m0/s1. The molecule has 38 heavy (non-hydrogen) atoms. The molecule has 1 saturated heterocycles. The van der Waals surface area contributed by atoms with E-state index >= 15 is 0 Å². The summed E-state index contributed by atoms with van der Waals surface area (Å²) in [6, 6.07) is -3.44. The lowest BCUT2D eigenvalue weighted by Crippen LogP contribution is -2.66. The van der Waals surface area contributed by atoms with Gasteiger partial charge in [-0.25, -0.2) is 0 Å². The molecule has 0 unspecified atom stereocenters. The Labute approximate surface area is 220 Å². The third-order valence-corrected chi connectivity index (χ3v) is 5.96. The highest BCUT2D eigenvalue weighted by molar-refractivity contribution is 5.92. The Hall–Kier alpha value is -2.85. The molecule has 4 amide bonds. The van der Waals surface area contributed by atoms with E-state index in [1.165, 1.54) is 21.0 Å². The van der Waals surface area contributed by atoms with Crippen molar-refractivity contribution in [2.45, 2.75) is 102 Å². The summed E-state index contributed by atoms with van der Waals surface area (Å²) in [6.45, 7) is 4.02. The molecular weight excluding hydrogens is 508 g/mol. The van der Waals surface area contributed by atoms with Gasteiger partial charge in [-0.3, -0.25) is 24.0 Å². The number of aliphatic hydroxyl groups is 2. The number of aliphatic carboxylic acids is 1. The predicted molar refractivity (Wildman–Crippen MR) is 130 cm³/mol. The second-order valence-electron chi connectivity index (χ2n) is 9.02. The van der Waals surface area contributed by atoms with Gasteiger partial charge >= 0.3 is 5.97 Å². The number of carbonyl (C=O) groups is 5. The van der Waals surface area contributed by atoms with E-state index in [0.717, 1.165) is 6.42 Å². The normalized spacial score (nSPS) is 25.5. The molecule has 218 valence electrons. The minimum Gasteiger partial charge on any atom is -0.481 e. The number of hydrogen-bond acceptors (Lipinski definition) is 10. The van der Waals surface area contributed by atoms with Gasteiger partial charge in [0.2, 0.25) is 23.6 Å². The summed E-state index contributed by atoms with van der Waals surface area (Å²) >= 11 is 0. The number of rotatable bonds is 16. The molecule has 1 fully saturated rings. The molecule has 15 heteroatoms. The minimum atomic E-state index is -1.44. The first-order valence-corrected chi connectivity index (χ1v) is 12.4. The first-order valence-electron chi connectivity index (χ1n) is 12.4. The highest BCUT2D eigenvalue weighted by Gasteiger charge is 2.48. The number of nitrogens with two attached hydrogens (primary N) is 1. The molecular formula is C23H40N4O11. The summed E-state index contributed by atoms with van der Waals surface area (Å²) in [5.41, 5.74) is 5.21. The van der Waals surface area contributed by atoms with Gasteiger partial charge in [0.15, 0.2) is 6.29 Å². The van der Waals surface area contributed by atoms with Crippen LogP contribution in [-0.2, 0) is 38.2 Å². The summed E-state index contributed by atoms with van der Waals surface area (Å²) in [7, 11) is 1.31. The van der Waals surface area contributed by atoms with Gasteiger partial charge in [0, 0.05) is 20.0 Å². The van der Waals surface area contributed by atoms with Crippen LogP contribution >= 0.6 is 0 Å². The molecule has 15 nitrogen and oxygen atoms in total. The first kappa shape index (κ1) is 33.2. The zero-order chi connectivity index (χ0) is 29.0. The van der Waals surface area contributed by atoms with Crippen molar-refractivity contribution in [1.82, 2.24) is 16.0 Å². The van der Waals surface area contributed by atoms with Crippen LogP contribution in [0.2, 0.25) is 0 Å². The number of ether oxygens (including phenoxy) is 3. The van der Waals surface area contributed by atoms with Gasteiger partial charge < -0.3 is 51.2 Å². The number of amides is 4. The molecule has 0 aromatic heterocycles. The van der Waals surface area contributed by atoms with Gasteiger partial charge in [-0.05, 0) is 26.7 Å². The Balaban J connectivity index is 2.91. The van der Waals surface area contributed by atoms with Crippen molar-refractivity contribution in [2.75, 3.05) is 13.7 Å². The molecule has 0 spiro atoms. The molecule has 0 saturated carbocycles. The third kappa shape index (κ3) is 10.1. The smallest absolute Gasteiger partial charge is 0.303 e. The van der Waals surface area contributed by atoms with E-state index in [4.69, 9.17) is 25.1 Å². The number of carboxylic acid groups (broad SMARTS) is 1. The van der Waals surface area contributed by atoms with E-state index < -0.39 is 85.5 Å². The van der Waals surface area contributed by atoms with E-state index in [-0.39, 0.29) is 18.7 Å². The van der Waals surface area contributed by atoms with Crippen LogP contribution in [0.5, 0.6) is 0 Å². The van der Waals surface area contributed by atoms with E-state index in [1.54, 1.807) is 0 Å². The van der Waals surface area contributed by atoms with Gasteiger partial charge in [0.1, 0.15) is 42.5 Å². The SMILES string of the molecule is CCCCC(=O)N[C@H]1[C@H](OC)O[C@H](CO)[C@@H](O)[C@@H]1O[C@H](C)C(=O)N[C@@H](C)C(=O)N[C@H](CCC(=O)O)C(N)=O. The maximum atomic E-state index is 12.8. The number of carbonyl (C=O) groups excluding carboxylic acids is 4. The average Bonchev–Trinajstić information content (AvgIpc) is 2.86. The average molecular weight is 549 g/mol. The van der Waals surface area contributed by atoms with Gasteiger partial charge in [-0.1, -0.05) is 13.3 Å². The Bertz CT molecular complexity index is 827. The van der Waals surface area contributed by atoms with Crippen LogP contribution in [0.3, 0.4) is 0 Å². The maximum Gasteiger partial charge on any atom is 0.303 e. The van der Waals surface area contributed by atoms with Crippen LogP contribution in [-0.4, -0.2) is 107 Å². The molecule has 0 radical (unpaired) electrons. The van der Waals surface area contributed by atoms with Crippen molar-refractivity contribution in [1.29, 1.82) is 0 Å². The second-order valence-corrected chi connectivity index (χ2v) is 9.02. The summed E-state index contributed by atoms with van der Waals surface area (Å²) in [4.78, 5) is 59.9. The fourth-order valence-electron chi connectivity index (χ4n) is 3.72. The van der Waals surface area contributed by atoms with Gasteiger partial charge in [-0.15, -0.1) is 0 Å². The minimum absolute atomic E-state index is 0.205. The van der Waals surface area contributed by atoms with Gasteiger partial charge in [-0.2, -0.15) is 0 Å². The summed E-state index contributed by atoms with van der Waals surface area (Å²) in [6.07, 6.45) is -5.16. The number of hydrogen-bond donors (Lipinski definition) is 7. The summed E-state index contributed by atoms with van der Waals surface area (Å²) in [5, 5.41) is 36.5. The highest BCUT2D eigenvalue weighted by atomic mass is 16.7. The molecule has 8 atom stereocenters. The van der Waals surface area contributed by atoms with Crippen molar-refractivity contribution in [2.24, 2.45) is 5.73 Å². The molecule has 0 aromatic carbocycles. The van der Waals surface area contributed by atoms with Crippen molar-refractivity contribution >= 4 is 29.6 Å². The highest BCUT2D eigenvalue weighted by Crippen LogP contribution is 2.25. The van der Waals surface area contributed by atoms with Gasteiger partial charge in [0.25, 0.3) is 0 Å². The van der Waals surface area contributed by atoms with Crippen molar-refractivity contribution in [3.8, 4) is 0 Å². The lowest BCUT2D eigenvalue weighted by Gasteiger charge is -2.44. The molecule has 8 N–H and O–H groups in total. The molecule has 1 aliphatic rings. The Kier molecular flexibility index (Phi) is 14.1. The molecule has 0 aromatic rings. The fraction of sp³-hybridized carbons (Fsp3) is 0.783. The van der Waals surface area contributed by atoms with Crippen LogP contribution < -0.4 is 21.7 Å². The van der Waals surface area contributed by atoms with E-state index in [9.17, 15) is 34.2 Å². The molecule has 0 bridgehead atoms. The largest absolute Gasteiger partial charge is 0.481 e. The zero-order valence-corrected chi connectivity index (χ0v) is 22.0. The van der Waals surface area contributed by atoms with Crippen LogP contribution in [0, 0.1) is 0 Å². The maximum absolute atomic E-state index is 12.8. The molecule has 1 heterocycles. The molecule has 0 aliphatic carbocycles. The van der Waals surface area contributed by atoms with Crippen LogP contribution in [0.15, 0.2) is 0 Å².